The molecule has 0 atom stereocenters. The van der Waals surface area contributed by atoms with Crippen molar-refractivity contribution in [3.8, 4) is 0 Å². The molecule has 0 aliphatic heterocycles. The van der Waals surface area contributed by atoms with Gasteiger partial charge in [-0.15, -0.1) is 0 Å². The number of Topliss-reactive ketones (excluding diaryl/α,β-unsaturated/α-hetero) is 1. The zero-order chi connectivity index (χ0) is 23.4. The Hall–Kier alpha value is -4.21. The molecule has 1 aliphatic carbocycles. The van der Waals surface area contributed by atoms with E-state index in [1.165, 1.54) is 20.3 Å². The molecule has 3 aromatic rings. The van der Waals surface area contributed by atoms with Gasteiger partial charge in [0.25, 0.3) is 11.8 Å². The van der Waals surface area contributed by atoms with Crippen LogP contribution in [0, 0.1) is 0 Å². The molecule has 1 aromatic carbocycles. The van der Waals surface area contributed by atoms with Gasteiger partial charge in [0.1, 0.15) is 12.1 Å². The van der Waals surface area contributed by atoms with Crippen LogP contribution in [-0.2, 0) is 11.2 Å². The summed E-state index contributed by atoms with van der Waals surface area (Å²) in [5, 5.41) is 8.37. The van der Waals surface area contributed by atoms with Crippen molar-refractivity contribution in [3.63, 3.8) is 0 Å². The van der Waals surface area contributed by atoms with E-state index in [9.17, 15) is 14.4 Å². The molecule has 1 aliphatic rings. The van der Waals surface area contributed by atoms with E-state index >= 15 is 0 Å². The van der Waals surface area contributed by atoms with Crippen molar-refractivity contribution in [3.05, 3.63) is 65.6 Å². The summed E-state index contributed by atoms with van der Waals surface area (Å²) >= 11 is 0. The third-order valence-corrected chi connectivity index (χ3v) is 5.08. The molecule has 1 saturated carbocycles. The van der Waals surface area contributed by atoms with Crippen LogP contribution in [0.15, 0.2) is 43.1 Å². The first-order valence-electron chi connectivity index (χ1n) is 10.5. The molecule has 0 saturated heterocycles. The van der Waals surface area contributed by atoms with Gasteiger partial charge < -0.3 is 16.0 Å². The SMILES string of the molecule is CNC(=O)c1cc(CC(C)=O)ccc1NC(=O)c1nc(C2CC2)cnc1Nc1cncnc1. The Morgan fingerprint density at radius 3 is 2.48 bits per heavy atom. The molecule has 168 valence electrons. The van der Waals surface area contributed by atoms with Crippen LogP contribution < -0.4 is 16.0 Å². The predicted octanol–water partition coefficient (Wildman–Crippen LogP) is 2.63. The Kier molecular flexibility index (Phi) is 6.34. The minimum absolute atomic E-state index is 0.0255. The lowest BCUT2D eigenvalue weighted by Gasteiger charge is -2.14. The van der Waals surface area contributed by atoms with Crippen molar-refractivity contribution in [1.29, 1.82) is 0 Å². The average Bonchev–Trinajstić information content (AvgIpc) is 3.65. The maximum absolute atomic E-state index is 13.3. The van der Waals surface area contributed by atoms with Crippen LogP contribution in [0.4, 0.5) is 17.2 Å². The molecule has 1 fully saturated rings. The van der Waals surface area contributed by atoms with Crippen LogP contribution in [0.3, 0.4) is 0 Å². The van der Waals surface area contributed by atoms with E-state index in [0.29, 0.717) is 22.9 Å². The van der Waals surface area contributed by atoms with E-state index in [4.69, 9.17) is 0 Å². The van der Waals surface area contributed by atoms with Gasteiger partial charge in [-0.25, -0.2) is 19.9 Å². The fourth-order valence-corrected chi connectivity index (χ4v) is 3.33. The topological polar surface area (TPSA) is 139 Å². The minimum Gasteiger partial charge on any atom is -0.355 e. The summed E-state index contributed by atoms with van der Waals surface area (Å²) < 4.78 is 0. The number of carbonyl (C=O) groups is 3. The summed E-state index contributed by atoms with van der Waals surface area (Å²) in [6.07, 6.45) is 8.39. The van der Waals surface area contributed by atoms with Gasteiger partial charge in [0.15, 0.2) is 11.5 Å². The Balaban J connectivity index is 1.66. The second-order valence-electron chi connectivity index (χ2n) is 7.81. The number of anilines is 3. The van der Waals surface area contributed by atoms with Gasteiger partial charge >= 0.3 is 0 Å². The minimum atomic E-state index is -0.520. The molecule has 0 bridgehead atoms. The standard InChI is InChI=1S/C23H23N7O3/c1-13(31)7-14-3-6-18(17(8-14)22(32)24-2)30-23(33)20-21(28-16-9-25-12-26-10-16)27-11-19(29-20)15-4-5-15/h3,6,8-12,15H,4-5,7H2,1-2H3,(H,24,32)(H,27,28)(H,30,33). The van der Waals surface area contributed by atoms with Crippen LogP contribution in [0.2, 0.25) is 0 Å². The van der Waals surface area contributed by atoms with Crippen molar-refractivity contribution in [2.24, 2.45) is 0 Å². The summed E-state index contributed by atoms with van der Waals surface area (Å²) in [6, 6.07) is 4.91. The number of rotatable bonds is 8. The zero-order valence-corrected chi connectivity index (χ0v) is 18.3. The Labute approximate surface area is 190 Å². The van der Waals surface area contributed by atoms with E-state index in [1.54, 1.807) is 36.8 Å². The molecular weight excluding hydrogens is 422 g/mol. The van der Waals surface area contributed by atoms with Crippen molar-refractivity contribution in [1.82, 2.24) is 25.3 Å². The number of hydrogen-bond acceptors (Lipinski definition) is 8. The number of nitrogens with zero attached hydrogens (tertiary/aromatic N) is 4. The number of amides is 2. The highest BCUT2D eigenvalue weighted by atomic mass is 16.2. The highest BCUT2D eigenvalue weighted by Crippen LogP contribution is 2.39. The molecule has 0 radical (unpaired) electrons. The summed E-state index contributed by atoms with van der Waals surface area (Å²) in [5.41, 5.74) is 2.64. The molecule has 2 aromatic heterocycles. The van der Waals surface area contributed by atoms with Gasteiger partial charge in [-0.2, -0.15) is 0 Å². The molecular formula is C23H23N7O3. The summed E-state index contributed by atoms with van der Waals surface area (Å²) in [4.78, 5) is 54.1. The van der Waals surface area contributed by atoms with Crippen molar-refractivity contribution >= 4 is 34.8 Å². The molecule has 2 amide bonds. The number of benzene rings is 1. The van der Waals surface area contributed by atoms with E-state index in [1.807, 2.05) is 0 Å². The smallest absolute Gasteiger partial charge is 0.278 e. The predicted molar refractivity (Wildman–Crippen MR) is 121 cm³/mol. The summed E-state index contributed by atoms with van der Waals surface area (Å²) in [6.45, 7) is 1.48. The lowest BCUT2D eigenvalue weighted by Crippen LogP contribution is -2.23. The maximum Gasteiger partial charge on any atom is 0.278 e. The van der Waals surface area contributed by atoms with E-state index in [0.717, 1.165) is 18.5 Å². The quantitative estimate of drug-likeness (QED) is 0.481. The Morgan fingerprint density at radius 2 is 1.82 bits per heavy atom. The highest BCUT2D eigenvalue weighted by molar-refractivity contribution is 6.10. The van der Waals surface area contributed by atoms with Crippen LogP contribution in [0.1, 0.15) is 57.8 Å². The van der Waals surface area contributed by atoms with Gasteiger partial charge in [-0.1, -0.05) is 6.07 Å². The third kappa shape index (κ3) is 5.35. The maximum atomic E-state index is 13.3. The number of carbonyl (C=O) groups excluding carboxylic acids is 3. The number of nitrogens with one attached hydrogen (secondary N) is 3. The van der Waals surface area contributed by atoms with Crippen molar-refractivity contribution < 1.29 is 14.4 Å². The van der Waals surface area contributed by atoms with Crippen molar-refractivity contribution in [2.75, 3.05) is 17.7 Å². The average molecular weight is 445 g/mol. The largest absolute Gasteiger partial charge is 0.355 e. The summed E-state index contributed by atoms with van der Waals surface area (Å²) in [7, 11) is 1.50. The number of hydrogen-bond donors (Lipinski definition) is 3. The van der Waals surface area contributed by atoms with E-state index < -0.39 is 5.91 Å². The molecule has 0 spiro atoms. The fourth-order valence-electron chi connectivity index (χ4n) is 3.33. The van der Waals surface area contributed by atoms with Crippen LogP contribution in [-0.4, -0.2) is 44.6 Å². The lowest BCUT2D eigenvalue weighted by atomic mass is 10.0. The normalized spacial score (nSPS) is 12.7. The number of ketones is 1. The Bertz CT molecular complexity index is 1210. The van der Waals surface area contributed by atoms with Gasteiger partial charge in [0, 0.05) is 19.4 Å². The van der Waals surface area contributed by atoms with Crippen LogP contribution in [0.25, 0.3) is 0 Å². The van der Waals surface area contributed by atoms with Gasteiger partial charge in [0.05, 0.1) is 41.2 Å². The van der Waals surface area contributed by atoms with Gasteiger partial charge in [-0.3, -0.25) is 14.4 Å². The lowest BCUT2D eigenvalue weighted by molar-refractivity contribution is -0.116. The zero-order valence-electron chi connectivity index (χ0n) is 18.3. The van der Waals surface area contributed by atoms with E-state index in [-0.39, 0.29) is 35.2 Å². The monoisotopic (exact) mass is 445 g/mol. The first kappa shape index (κ1) is 22.0. The molecule has 3 N–H and O–H groups in total. The fraction of sp³-hybridized carbons (Fsp3) is 0.261. The van der Waals surface area contributed by atoms with Crippen LogP contribution in [0.5, 0.6) is 0 Å². The van der Waals surface area contributed by atoms with Gasteiger partial charge in [-0.05, 0) is 37.5 Å². The van der Waals surface area contributed by atoms with Crippen molar-refractivity contribution in [2.45, 2.75) is 32.1 Å². The molecule has 4 rings (SSSR count). The number of aromatic nitrogens is 4. The molecule has 2 heterocycles. The van der Waals surface area contributed by atoms with Gasteiger partial charge in [0.2, 0.25) is 0 Å². The summed E-state index contributed by atoms with van der Waals surface area (Å²) in [5.74, 6) is -0.378. The molecule has 10 heteroatoms. The molecule has 0 unspecified atom stereocenters. The second kappa shape index (κ2) is 9.51. The van der Waals surface area contributed by atoms with E-state index in [2.05, 4.69) is 35.9 Å². The highest BCUT2D eigenvalue weighted by Gasteiger charge is 2.28. The Morgan fingerprint density at radius 1 is 1.06 bits per heavy atom. The molecule has 10 nitrogen and oxygen atoms in total. The first-order chi connectivity index (χ1) is 15.9. The van der Waals surface area contributed by atoms with Crippen LogP contribution >= 0.6 is 0 Å². The third-order valence-electron chi connectivity index (χ3n) is 5.08. The molecule has 33 heavy (non-hydrogen) atoms. The first-order valence-corrected chi connectivity index (χ1v) is 10.5. The second-order valence-corrected chi connectivity index (χ2v) is 7.81.